The number of hydrogen-bond donors (Lipinski definition) is 1. The second kappa shape index (κ2) is 9.49. The number of β-amino-alcohol motifs (C(OH)–C–C–N with tert-alkyl or cyclic N) is 1. The molecule has 1 unspecified atom stereocenters. The Hall–Kier alpha value is -0.790. The van der Waals surface area contributed by atoms with Crippen molar-refractivity contribution in [2.24, 2.45) is 0 Å². The quantitative estimate of drug-likeness (QED) is 0.780. The fraction of sp³-hybridized carbons (Fsp3) is 0.625. The highest BCUT2D eigenvalue weighted by Crippen LogP contribution is 2.10. The zero-order chi connectivity index (χ0) is 16.7. The molecule has 23 heavy (non-hydrogen) atoms. The number of aliphatic hydroxyl groups is 1. The van der Waals surface area contributed by atoms with Crippen LogP contribution in [0.5, 0.6) is 0 Å². The van der Waals surface area contributed by atoms with Crippen molar-refractivity contribution < 1.29 is 18.6 Å². The van der Waals surface area contributed by atoms with Crippen LogP contribution in [0, 0.1) is 0 Å². The monoisotopic (exact) mass is 348 g/mol. The lowest BCUT2D eigenvalue weighted by atomic mass is 10.2. The van der Waals surface area contributed by atoms with Crippen molar-refractivity contribution in [3.05, 3.63) is 34.9 Å². The lowest BCUT2D eigenvalue weighted by molar-refractivity contribution is -0.00374. The van der Waals surface area contributed by atoms with Crippen molar-refractivity contribution in [1.82, 2.24) is 9.80 Å². The maximum Gasteiger partial charge on any atom is 0.251 e. The van der Waals surface area contributed by atoms with Gasteiger partial charge in [-0.2, -0.15) is 0 Å². The molecule has 1 atom stereocenters. The van der Waals surface area contributed by atoms with Crippen LogP contribution in [0.1, 0.15) is 5.56 Å². The second-order valence-corrected chi connectivity index (χ2v) is 6.22. The van der Waals surface area contributed by atoms with E-state index in [4.69, 9.17) is 16.3 Å². The van der Waals surface area contributed by atoms with E-state index < -0.39 is 12.5 Å². The third-order valence-electron chi connectivity index (χ3n) is 3.82. The normalized spacial score (nSPS) is 18.5. The minimum absolute atomic E-state index is 0.166. The first-order chi connectivity index (χ1) is 11.0. The summed E-state index contributed by atoms with van der Waals surface area (Å²) in [5.74, 6) is 0. The predicted octanol–water partition coefficient (Wildman–Crippen LogP) is 2.10. The number of halogens is 3. The molecule has 0 aromatic heterocycles. The zero-order valence-electron chi connectivity index (χ0n) is 13.0. The number of piperazine rings is 1. The van der Waals surface area contributed by atoms with Gasteiger partial charge in [-0.1, -0.05) is 23.7 Å². The summed E-state index contributed by atoms with van der Waals surface area (Å²) in [6, 6.07) is 7.37. The number of ether oxygens (including phenoxy) is 1. The zero-order valence-corrected chi connectivity index (χ0v) is 13.8. The van der Waals surface area contributed by atoms with E-state index in [1.807, 2.05) is 12.1 Å². The fourth-order valence-electron chi connectivity index (χ4n) is 2.59. The Bertz CT molecular complexity index is 454. The van der Waals surface area contributed by atoms with Gasteiger partial charge in [-0.25, -0.2) is 8.78 Å². The Morgan fingerprint density at radius 1 is 1.04 bits per heavy atom. The SMILES string of the molecule is OC(COCc1ccc(Cl)cc1)CN1CCN(CC(F)F)CC1. The molecule has 1 N–H and O–H groups in total. The summed E-state index contributed by atoms with van der Waals surface area (Å²) in [4.78, 5) is 3.84. The number of nitrogens with zero attached hydrogens (tertiary/aromatic N) is 2. The van der Waals surface area contributed by atoms with E-state index in [1.165, 1.54) is 0 Å². The number of alkyl halides is 2. The van der Waals surface area contributed by atoms with Crippen molar-refractivity contribution >= 4 is 11.6 Å². The molecule has 4 nitrogen and oxygen atoms in total. The Balaban J connectivity index is 1.60. The molecule has 0 aliphatic carbocycles. The average Bonchev–Trinajstić information content (AvgIpc) is 2.51. The summed E-state index contributed by atoms with van der Waals surface area (Å²) in [5.41, 5.74) is 1.00. The van der Waals surface area contributed by atoms with Gasteiger partial charge in [0.1, 0.15) is 0 Å². The van der Waals surface area contributed by atoms with E-state index in [1.54, 1.807) is 17.0 Å². The fourth-order valence-corrected chi connectivity index (χ4v) is 2.72. The molecule has 1 aromatic carbocycles. The Kier molecular flexibility index (Phi) is 7.65. The van der Waals surface area contributed by atoms with E-state index in [0.29, 0.717) is 44.4 Å². The molecule has 1 saturated heterocycles. The minimum Gasteiger partial charge on any atom is -0.389 e. The van der Waals surface area contributed by atoms with Gasteiger partial charge in [0.05, 0.1) is 25.9 Å². The van der Waals surface area contributed by atoms with E-state index in [2.05, 4.69) is 4.90 Å². The molecule has 0 radical (unpaired) electrons. The number of aliphatic hydroxyl groups excluding tert-OH is 1. The molecule has 2 rings (SSSR count). The molecule has 1 aromatic rings. The summed E-state index contributed by atoms with van der Waals surface area (Å²) >= 11 is 5.81. The van der Waals surface area contributed by atoms with Crippen molar-refractivity contribution in [1.29, 1.82) is 0 Å². The number of rotatable bonds is 8. The average molecular weight is 349 g/mol. The molecule has 0 amide bonds. The second-order valence-electron chi connectivity index (χ2n) is 5.79. The molecule has 1 aliphatic heterocycles. The largest absolute Gasteiger partial charge is 0.389 e. The maximum atomic E-state index is 12.3. The minimum atomic E-state index is -2.28. The van der Waals surface area contributed by atoms with Gasteiger partial charge in [-0.15, -0.1) is 0 Å². The van der Waals surface area contributed by atoms with Crippen molar-refractivity contribution in [2.45, 2.75) is 19.1 Å². The molecule has 0 saturated carbocycles. The summed E-state index contributed by atoms with van der Waals surface area (Å²) in [6.07, 6.45) is -2.86. The standard InChI is InChI=1S/C16H23ClF2N2O2/c17-14-3-1-13(2-4-14)11-23-12-15(22)9-20-5-7-21(8-6-20)10-16(18)19/h1-4,15-16,22H,5-12H2. The van der Waals surface area contributed by atoms with Gasteiger partial charge in [0.15, 0.2) is 0 Å². The maximum absolute atomic E-state index is 12.3. The lowest BCUT2D eigenvalue weighted by Crippen LogP contribution is -2.50. The molecule has 7 heteroatoms. The first-order valence-electron chi connectivity index (χ1n) is 7.76. The van der Waals surface area contributed by atoms with Crippen LogP contribution in [0.2, 0.25) is 5.02 Å². The van der Waals surface area contributed by atoms with Crippen molar-refractivity contribution in [3.63, 3.8) is 0 Å². The Morgan fingerprint density at radius 2 is 1.61 bits per heavy atom. The van der Waals surface area contributed by atoms with Crippen LogP contribution in [0.4, 0.5) is 8.78 Å². The highest BCUT2D eigenvalue weighted by atomic mass is 35.5. The summed E-state index contributed by atoms with van der Waals surface area (Å²) < 4.78 is 30.1. The molecule has 0 bridgehead atoms. The predicted molar refractivity (Wildman–Crippen MR) is 86.0 cm³/mol. The van der Waals surface area contributed by atoms with Crippen LogP contribution in [-0.2, 0) is 11.3 Å². The molecule has 0 spiro atoms. The van der Waals surface area contributed by atoms with Crippen LogP contribution < -0.4 is 0 Å². The van der Waals surface area contributed by atoms with E-state index in [0.717, 1.165) is 5.56 Å². The number of hydrogen-bond acceptors (Lipinski definition) is 4. The van der Waals surface area contributed by atoms with E-state index in [-0.39, 0.29) is 13.2 Å². The van der Waals surface area contributed by atoms with Gasteiger partial charge in [-0.3, -0.25) is 9.80 Å². The molecular weight excluding hydrogens is 326 g/mol. The van der Waals surface area contributed by atoms with Crippen LogP contribution >= 0.6 is 11.6 Å². The number of benzene rings is 1. The first-order valence-corrected chi connectivity index (χ1v) is 8.14. The summed E-state index contributed by atoms with van der Waals surface area (Å²) in [5, 5.41) is 10.7. The van der Waals surface area contributed by atoms with Crippen molar-refractivity contribution in [3.8, 4) is 0 Å². The van der Waals surface area contributed by atoms with Gasteiger partial charge in [0.25, 0.3) is 6.43 Å². The highest BCUT2D eigenvalue weighted by molar-refractivity contribution is 6.30. The summed E-state index contributed by atoms with van der Waals surface area (Å²) in [7, 11) is 0. The van der Waals surface area contributed by atoms with Crippen LogP contribution in [-0.4, -0.2) is 73.3 Å². The van der Waals surface area contributed by atoms with Crippen LogP contribution in [0.15, 0.2) is 24.3 Å². The molecule has 1 aliphatic rings. The lowest BCUT2D eigenvalue weighted by Gasteiger charge is -2.35. The van der Waals surface area contributed by atoms with Crippen LogP contribution in [0.25, 0.3) is 0 Å². The van der Waals surface area contributed by atoms with E-state index >= 15 is 0 Å². The van der Waals surface area contributed by atoms with Crippen molar-refractivity contribution in [2.75, 3.05) is 45.9 Å². The van der Waals surface area contributed by atoms with Gasteiger partial charge < -0.3 is 9.84 Å². The molecule has 1 fully saturated rings. The topological polar surface area (TPSA) is 35.9 Å². The van der Waals surface area contributed by atoms with Crippen LogP contribution in [0.3, 0.4) is 0 Å². The van der Waals surface area contributed by atoms with Gasteiger partial charge in [0, 0.05) is 37.7 Å². The Morgan fingerprint density at radius 3 is 2.17 bits per heavy atom. The Labute approximate surface area is 140 Å². The molecule has 130 valence electrons. The summed E-state index contributed by atoms with van der Waals surface area (Å²) in [6.45, 7) is 3.63. The van der Waals surface area contributed by atoms with Gasteiger partial charge >= 0.3 is 0 Å². The smallest absolute Gasteiger partial charge is 0.251 e. The highest BCUT2D eigenvalue weighted by Gasteiger charge is 2.21. The first kappa shape index (κ1) is 18.5. The molecular formula is C16H23ClF2N2O2. The third kappa shape index (κ3) is 7.10. The molecule has 1 heterocycles. The van der Waals surface area contributed by atoms with E-state index in [9.17, 15) is 13.9 Å². The third-order valence-corrected chi connectivity index (χ3v) is 4.07. The van der Waals surface area contributed by atoms with Gasteiger partial charge in [0.2, 0.25) is 0 Å². The van der Waals surface area contributed by atoms with Gasteiger partial charge in [-0.05, 0) is 17.7 Å².